The second-order valence-corrected chi connectivity index (χ2v) is 8.95. The van der Waals surface area contributed by atoms with Crippen LogP contribution in [0.2, 0.25) is 0 Å². The van der Waals surface area contributed by atoms with Gasteiger partial charge in [-0.15, -0.1) is 6.58 Å². The van der Waals surface area contributed by atoms with E-state index in [1.807, 2.05) is 0 Å². The summed E-state index contributed by atoms with van der Waals surface area (Å²) in [5, 5.41) is 2.94. The van der Waals surface area contributed by atoms with Gasteiger partial charge in [-0.05, 0) is 42.5 Å². The molecule has 8 heteroatoms. The first kappa shape index (κ1) is 22.1. The van der Waals surface area contributed by atoms with Gasteiger partial charge >= 0.3 is 5.97 Å². The zero-order valence-corrected chi connectivity index (χ0v) is 17.1. The molecule has 2 N–H and O–H groups in total. The van der Waals surface area contributed by atoms with E-state index in [-0.39, 0.29) is 35.6 Å². The van der Waals surface area contributed by atoms with Crippen molar-refractivity contribution in [3.8, 4) is 0 Å². The van der Waals surface area contributed by atoms with E-state index in [4.69, 9.17) is 4.74 Å². The van der Waals surface area contributed by atoms with Gasteiger partial charge < -0.3 is 10.1 Å². The third-order valence-electron chi connectivity index (χ3n) is 5.21. The highest BCUT2D eigenvalue weighted by atomic mass is 32.2. The Morgan fingerprint density at radius 2 is 1.89 bits per heavy atom. The molecule has 28 heavy (non-hydrogen) atoms. The smallest absolute Gasteiger partial charge is 0.338 e. The first-order chi connectivity index (χ1) is 13.2. The van der Waals surface area contributed by atoms with Gasteiger partial charge in [0.2, 0.25) is 10.0 Å². The molecule has 0 bridgehead atoms. The van der Waals surface area contributed by atoms with Crippen LogP contribution in [0.1, 0.15) is 43.5 Å². The summed E-state index contributed by atoms with van der Waals surface area (Å²) in [6.45, 7) is 7.51. The van der Waals surface area contributed by atoms with E-state index in [2.05, 4.69) is 30.5 Å². The molecule has 3 atom stereocenters. The van der Waals surface area contributed by atoms with Gasteiger partial charge in [0, 0.05) is 12.6 Å². The van der Waals surface area contributed by atoms with Gasteiger partial charge in [0.15, 0.2) is 6.61 Å². The number of esters is 1. The molecule has 7 nitrogen and oxygen atoms in total. The fraction of sp³-hybridized carbons (Fsp3) is 0.500. The first-order valence-electron chi connectivity index (χ1n) is 9.41. The van der Waals surface area contributed by atoms with Gasteiger partial charge in [-0.25, -0.2) is 17.9 Å². The number of carbonyl (C=O) groups excluding carboxylic acids is 2. The van der Waals surface area contributed by atoms with Gasteiger partial charge in [0.1, 0.15) is 0 Å². The number of rotatable bonds is 8. The summed E-state index contributed by atoms with van der Waals surface area (Å²) in [6, 6.07) is 5.43. The number of ether oxygens (including phenoxy) is 1. The lowest BCUT2D eigenvalue weighted by molar-refractivity contribution is -0.125. The number of hydrogen-bond donors (Lipinski definition) is 2. The van der Waals surface area contributed by atoms with Crippen LogP contribution in [0.25, 0.3) is 0 Å². The fourth-order valence-corrected chi connectivity index (χ4v) is 4.27. The standard InChI is InChI=1S/C20H28N2O5S/c1-4-12-21-28(25,26)17-10-8-16(9-11-17)20(24)27-13-19(23)22-18-7-5-6-14(2)15(18)3/h4,8-11,14-15,18,21H,1,5-7,12-13H2,2-3H3,(H,22,23)/t14-,15+,18-/m0/s1. The van der Waals surface area contributed by atoms with Crippen molar-refractivity contribution in [1.29, 1.82) is 0 Å². The minimum absolute atomic E-state index is 0.0315. The molecule has 0 heterocycles. The predicted octanol–water partition coefficient (Wildman–Crippen LogP) is 2.25. The summed E-state index contributed by atoms with van der Waals surface area (Å²) < 4.78 is 31.4. The molecular weight excluding hydrogens is 380 g/mol. The summed E-state index contributed by atoms with van der Waals surface area (Å²) in [4.78, 5) is 24.2. The Morgan fingerprint density at radius 3 is 2.54 bits per heavy atom. The van der Waals surface area contributed by atoms with Crippen molar-refractivity contribution in [1.82, 2.24) is 10.0 Å². The van der Waals surface area contributed by atoms with E-state index in [0.29, 0.717) is 11.8 Å². The van der Waals surface area contributed by atoms with Crippen LogP contribution >= 0.6 is 0 Å². The molecule has 1 aromatic rings. The van der Waals surface area contributed by atoms with Gasteiger partial charge in [-0.3, -0.25) is 4.79 Å². The van der Waals surface area contributed by atoms with Crippen LogP contribution in [0.4, 0.5) is 0 Å². The summed E-state index contributed by atoms with van der Waals surface area (Å²) in [7, 11) is -3.65. The van der Waals surface area contributed by atoms with E-state index < -0.39 is 16.0 Å². The van der Waals surface area contributed by atoms with Crippen molar-refractivity contribution in [3.05, 3.63) is 42.5 Å². The number of hydrogen-bond acceptors (Lipinski definition) is 5. The summed E-state index contributed by atoms with van der Waals surface area (Å²) in [6.07, 6.45) is 4.61. The first-order valence-corrected chi connectivity index (χ1v) is 10.9. The summed E-state index contributed by atoms with van der Waals surface area (Å²) in [5.74, 6) is -0.0645. The SMILES string of the molecule is C=CCNS(=O)(=O)c1ccc(C(=O)OCC(=O)N[C@H]2CCC[C@H](C)[C@H]2C)cc1. The molecule has 154 valence electrons. The van der Waals surface area contributed by atoms with Crippen LogP contribution in [0.3, 0.4) is 0 Å². The highest BCUT2D eigenvalue weighted by Crippen LogP contribution is 2.29. The van der Waals surface area contributed by atoms with Gasteiger partial charge in [0.05, 0.1) is 10.5 Å². The van der Waals surface area contributed by atoms with Crippen LogP contribution < -0.4 is 10.0 Å². The van der Waals surface area contributed by atoms with E-state index in [1.165, 1.54) is 30.3 Å². The molecule has 1 fully saturated rings. The van der Waals surface area contributed by atoms with Crippen molar-refractivity contribution in [2.45, 2.75) is 44.0 Å². The van der Waals surface area contributed by atoms with Crippen molar-refractivity contribution < 1.29 is 22.7 Å². The Hall–Kier alpha value is -2.19. The lowest BCUT2D eigenvalue weighted by Gasteiger charge is -2.34. The molecule has 1 aliphatic rings. The number of amides is 1. The molecule has 1 saturated carbocycles. The van der Waals surface area contributed by atoms with Gasteiger partial charge in [0.25, 0.3) is 5.91 Å². The third kappa shape index (κ3) is 5.90. The van der Waals surface area contributed by atoms with Gasteiger partial charge in [-0.1, -0.05) is 32.8 Å². The predicted molar refractivity (Wildman–Crippen MR) is 106 cm³/mol. The molecule has 0 aromatic heterocycles. The number of carbonyl (C=O) groups is 2. The molecule has 0 unspecified atom stereocenters. The maximum Gasteiger partial charge on any atom is 0.338 e. The van der Waals surface area contributed by atoms with E-state index >= 15 is 0 Å². The molecular formula is C20H28N2O5S. The molecule has 0 radical (unpaired) electrons. The normalized spacial score (nSPS) is 22.3. The number of benzene rings is 1. The Labute approximate surface area is 166 Å². The maximum absolute atomic E-state index is 12.1. The molecule has 0 spiro atoms. The van der Waals surface area contributed by atoms with E-state index in [1.54, 1.807) is 0 Å². The highest BCUT2D eigenvalue weighted by Gasteiger charge is 2.28. The van der Waals surface area contributed by atoms with Crippen LogP contribution in [-0.2, 0) is 19.6 Å². The largest absolute Gasteiger partial charge is 0.452 e. The Balaban J connectivity index is 1.87. The van der Waals surface area contributed by atoms with Gasteiger partial charge in [-0.2, -0.15) is 0 Å². The third-order valence-corrected chi connectivity index (χ3v) is 6.65. The topological polar surface area (TPSA) is 102 Å². The monoisotopic (exact) mass is 408 g/mol. The van der Waals surface area contributed by atoms with Crippen molar-refractivity contribution >= 4 is 21.9 Å². The second kappa shape index (κ2) is 9.84. The quantitative estimate of drug-likeness (QED) is 0.507. The van der Waals surface area contributed by atoms with E-state index in [9.17, 15) is 18.0 Å². The number of sulfonamides is 1. The molecule has 1 aromatic carbocycles. The van der Waals surface area contributed by atoms with Crippen LogP contribution in [0, 0.1) is 11.8 Å². The average Bonchev–Trinajstić information content (AvgIpc) is 2.68. The molecule has 0 aliphatic heterocycles. The minimum Gasteiger partial charge on any atom is -0.452 e. The molecule has 1 aliphatic carbocycles. The second-order valence-electron chi connectivity index (χ2n) is 7.18. The summed E-state index contributed by atoms with van der Waals surface area (Å²) >= 11 is 0. The lowest BCUT2D eigenvalue weighted by Crippen LogP contribution is -2.45. The molecule has 0 saturated heterocycles. The fourth-order valence-electron chi connectivity index (χ4n) is 3.27. The van der Waals surface area contributed by atoms with Crippen molar-refractivity contribution in [2.24, 2.45) is 11.8 Å². The zero-order chi connectivity index (χ0) is 20.7. The molecule has 2 rings (SSSR count). The highest BCUT2D eigenvalue weighted by molar-refractivity contribution is 7.89. The van der Waals surface area contributed by atoms with Crippen molar-refractivity contribution in [2.75, 3.05) is 13.2 Å². The Bertz CT molecular complexity index is 804. The van der Waals surface area contributed by atoms with Crippen LogP contribution in [0.15, 0.2) is 41.8 Å². The maximum atomic E-state index is 12.1. The van der Waals surface area contributed by atoms with E-state index in [0.717, 1.165) is 19.3 Å². The zero-order valence-electron chi connectivity index (χ0n) is 16.3. The Morgan fingerprint density at radius 1 is 1.21 bits per heavy atom. The number of nitrogens with one attached hydrogen (secondary N) is 2. The van der Waals surface area contributed by atoms with Crippen LogP contribution in [-0.4, -0.2) is 39.5 Å². The van der Waals surface area contributed by atoms with Crippen molar-refractivity contribution in [3.63, 3.8) is 0 Å². The average molecular weight is 409 g/mol. The lowest BCUT2D eigenvalue weighted by atomic mass is 9.78. The Kier molecular flexibility index (Phi) is 7.77. The van der Waals surface area contributed by atoms with Crippen LogP contribution in [0.5, 0.6) is 0 Å². The summed E-state index contributed by atoms with van der Waals surface area (Å²) in [5.41, 5.74) is 0.176. The molecule has 1 amide bonds. The minimum atomic E-state index is -3.65.